The van der Waals surface area contributed by atoms with E-state index in [0.29, 0.717) is 12.0 Å². The van der Waals surface area contributed by atoms with Crippen LogP contribution in [0, 0.1) is 5.92 Å². The van der Waals surface area contributed by atoms with Crippen LogP contribution in [-0.4, -0.2) is 12.6 Å². The van der Waals surface area contributed by atoms with E-state index in [1.54, 1.807) is 0 Å². The molecule has 0 heterocycles. The SMILES string of the molecule is CC(C)CNCc1ccc(OC2CCCCCC2)c(Br)c1. The first kappa shape index (κ1) is 16.8. The predicted molar refractivity (Wildman–Crippen MR) is 92.8 cm³/mol. The minimum atomic E-state index is 0.397. The van der Waals surface area contributed by atoms with Gasteiger partial charge in [0.05, 0.1) is 10.6 Å². The van der Waals surface area contributed by atoms with Crippen LogP contribution in [0.25, 0.3) is 0 Å². The fourth-order valence-corrected chi connectivity index (χ4v) is 3.31. The first-order chi connectivity index (χ1) is 10.1. The Morgan fingerprint density at radius 2 is 1.90 bits per heavy atom. The third-order valence-electron chi connectivity index (χ3n) is 3.97. The topological polar surface area (TPSA) is 21.3 Å². The maximum atomic E-state index is 6.20. The normalized spacial score (nSPS) is 17.0. The summed E-state index contributed by atoms with van der Waals surface area (Å²) in [7, 11) is 0. The van der Waals surface area contributed by atoms with Gasteiger partial charge in [0.1, 0.15) is 5.75 Å². The van der Waals surface area contributed by atoms with Crippen molar-refractivity contribution in [2.45, 2.75) is 65.0 Å². The maximum absolute atomic E-state index is 6.20. The van der Waals surface area contributed by atoms with Gasteiger partial charge in [-0.2, -0.15) is 0 Å². The highest BCUT2D eigenvalue weighted by Crippen LogP contribution is 2.30. The Morgan fingerprint density at radius 1 is 1.19 bits per heavy atom. The van der Waals surface area contributed by atoms with Crippen molar-refractivity contribution in [2.24, 2.45) is 5.92 Å². The minimum absolute atomic E-state index is 0.397. The minimum Gasteiger partial charge on any atom is -0.489 e. The second-order valence-electron chi connectivity index (χ2n) is 6.52. The molecule has 0 aromatic heterocycles. The van der Waals surface area contributed by atoms with Gasteiger partial charge in [0.2, 0.25) is 0 Å². The molecule has 1 N–H and O–H groups in total. The van der Waals surface area contributed by atoms with Crippen molar-refractivity contribution in [3.8, 4) is 5.75 Å². The Labute approximate surface area is 137 Å². The lowest BCUT2D eigenvalue weighted by Gasteiger charge is -2.18. The van der Waals surface area contributed by atoms with E-state index in [1.807, 2.05) is 0 Å². The summed E-state index contributed by atoms with van der Waals surface area (Å²) in [5.74, 6) is 1.68. The number of hydrogen-bond donors (Lipinski definition) is 1. The molecule has 1 aromatic rings. The van der Waals surface area contributed by atoms with Crippen molar-refractivity contribution in [1.29, 1.82) is 0 Å². The van der Waals surface area contributed by atoms with E-state index in [-0.39, 0.29) is 0 Å². The Kier molecular flexibility index (Phi) is 7.05. The molecule has 2 rings (SSSR count). The van der Waals surface area contributed by atoms with Crippen LogP contribution in [0.2, 0.25) is 0 Å². The van der Waals surface area contributed by atoms with Crippen molar-refractivity contribution in [3.63, 3.8) is 0 Å². The molecule has 0 aliphatic heterocycles. The molecule has 0 unspecified atom stereocenters. The molecular formula is C18H28BrNO. The van der Waals surface area contributed by atoms with E-state index in [1.165, 1.54) is 44.1 Å². The number of rotatable bonds is 6. The predicted octanol–water partition coefficient (Wildman–Crippen LogP) is 5.30. The fraction of sp³-hybridized carbons (Fsp3) is 0.667. The molecule has 118 valence electrons. The van der Waals surface area contributed by atoms with E-state index in [2.05, 4.69) is 53.3 Å². The highest BCUT2D eigenvalue weighted by molar-refractivity contribution is 9.10. The Bertz CT molecular complexity index is 425. The van der Waals surface area contributed by atoms with Crippen LogP contribution in [0.3, 0.4) is 0 Å². The lowest BCUT2D eigenvalue weighted by atomic mass is 10.1. The summed E-state index contributed by atoms with van der Waals surface area (Å²) in [4.78, 5) is 0. The summed E-state index contributed by atoms with van der Waals surface area (Å²) in [6, 6.07) is 6.46. The molecular weight excluding hydrogens is 326 g/mol. The summed E-state index contributed by atoms with van der Waals surface area (Å²) in [6.45, 7) is 6.43. The highest BCUT2D eigenvalue weighted by atomic mass is 79.9. The molecule has 0 bridgehead atoms. The maximum Gasteiger partial charge on any atom is 0.133 e. The Hall–Kier alpha value is -0.540. The zero-order valence-corrected chi connectivity index (χ0v) is 14.9. The number of benzene rings is 1. The number of nitrogens with one attached hydrogen (secondary N) is 1. The smallest absolute Gasteiger partial charge is 0.133 e. The van der Waals surface area contributed by atoms with E-state index < -0.39 is 0 Å². The van der Waals surface area contributed by atoms with Crippen LogP contribution in [0.1, 0.15) is 57.9 Å². The van der Waals surface area contributed by atoms with Gasteiger partial charge in [0, 0.05) is 6.54 Å². The number of hydrogen-bond acceptors (Lipinski definition) is 2. The standard InChI is InChI=1S/C18H28BrNO/c1-14(2)12-20-13-15-9-10-18(17(19)11-15)21-16-7-5-3-4-6-8-16/h9-11,14,16,20H,3-8,12-13H2,1-2H3. The van der Waals surface area contributed by atoms with Gasteiger partial charge in [0.25, 0.3) is 0 Å². The van der Waals surface area contributed by atoms with Gasteiger partial charge >= 0.3 is 0 Å². The molecule has 0 radical (unpaired) electrons. The van der Waals surface area contributed by atoms with Crippen LogP contribution in [0.5, 0.6) is 5.75 Å². The van der Waals surface area contributed by atoms with Crippen LogP contribution in [0.4, 0.5) is 0 Å². The van der Waals surface area contributed by atoms with Gasteiger partial charge in [-0.3, -0.25) is 0 Å². The molecule has 1 aliphatic rings. The number of ether oxygens (including phenoxy) is 1. The third kappa shape index (κ3) is 5.99. The average molecular weight is 354 g/mol. The monoisotopic (exact) mass is 353 g/mol. The summed E-state index contributed by atoms with van der Waals surface area (Å²) in [6.07, 6.45) is 8.13. The lowest BCUT2D eigenvalue weighted by molar-refractivity contribution is 0.182. The van der Waals surface area contributed by atoms with Gasteiger partial charge in [-0.15, -0.1) is 0 Å². The van der Waals surface area contributed by atoms with Crippen molar-refractivity contribution >= 4 is 15.9 Å². The second kappa shape index (κ2) is 8.79. The van der Waals surface area contributed by atoms with Crippen LogP contribution in [0.15, 0.2) is 22.7 Å². The van der Waals surface area contributed by atoms with Crippen LogP contribution in [-0.2, 0) is 6.54 Å². The van der Waals surface area contributed by atoms with Gasteiger partial charge in [-0.1, -0.05) is 32.8 Å². The summed E-state index contributed by atoms with van der Waals surface area (Å²) in [5, 5.41) is 3.48. The Balaban J connectivity index is 1.88. The van der Waals surface area contributed by atoms with Crippen molar-refractivity contribution in [2.75, 3.05) is 6.54 Å². The van der Waals surface area contributed by atoms with Crippen molar-refractivity contribution < 1.29 is 4.74 Å². The molecule has 0 saturated heterocycles. The third-order valence-corrected chi connectivity index (χ3v) is 4.59. The van der Waals surface area contributed by atoms with Crippen molar-refractivity contribution in [3.05, 3.63) is 28.2 Å². The summed E-state index contributed by atoms with van der Waals surface area (Å²) in [5.41, 5.74) is 1.30. The van der Waals surface area contributed by atoms with Gasteiger partial charge in [-0.05, 0) is 71.8 Å². The largest absolute Gasteiger partial charge is 0.489 e. The molecule has 0 spiro atoms. The Morgan fingerprint density at radius 3 is 2.52 bits per heavy atom. The second-order valence-corrected chi connectivity index (χ2v) is 7.38. The van der Waals surface area contributed by atoms with E-state index in [4.69, 9.17) is 4.74 Å². The van der Waals surface area contributed by atoms with Gasteiger partial charge < -0.3 is 10.1 Å². The van der Waals surface area contributed by atoms with Crippen LogP contribution < -0.4 is 10.1 Å². The van der Waals surface area contributed by atoms with Crippen LogP contribution >= 0.6 is 15.9 Å². The first-order valence-corrected chi connectivity index (χ1v) is 9.10. The summed E-state index contributed by atoms with van der Waals surface area (Å²) < 4.78 is 7.28. The average Bonchev–Trinajstić information content (AvgIpc) is 2.70. The van der Waals surface area contributed by atoms with Gasteiger partial charge in [0.15, 0.2) is 0 Å². The van der Waals surface area contributed by atoms with E-state index in [9.17, 15) is 0 Å². The fourth-order valence-electron chi connectivity index (χ4n) is 2.79. The molecule has 1 saturated carbocycles. The van der Waals surface area contributed by atoms with E-state index in [0.717, 1.165) is 23.3 Å². The summed E-state index contributed by atoms with van der Waals surface area (Å²) >= 11 is 3.66. The molecule has 1 aliphatic carbocycles. The number of halogens is 1. The molecule has 0 amide bonds. The molecule has 1 aromatic carbocycles. The molecule has 1 fully saturated rings. The molecule has 2 nitrogen and oxygen atoms in total. The van der Waals surface area contributed by atoms with Gasteiger partial charge in [-0.25, -0.2) is 0 Å². The zero-order chi connectivity index (χ0) is 15.1. The zero-order valence-electron chi connectivity index (χ0n) is 13.3. The molecule has 3 heteroatoms. The van der Waals surface area contributed by atoms with E-state index >= 15 is 0 Å². The van der Waals surface area contributed by atoms with Crippen molar-refractivity contribution in [1.82, 2.24) is 5.32 Å². The molecule has 21 heavy (non-hydrogen) atoms. The quantitative estimate of drug-likeness (QED) is 0.700. The molecule has 0 atom stereocenters. The highest BCUT2D eigenvalue weighted by Gasteiger charge is 2.15. The lowest BCUT2D eigenvalue weighted by Crippen LogP contribution is -2.19. The first-order valence-electron chi connectivity index (χ1n) is 8.31.